The van der Waals surface area contributed by atoms with Gasteiger partial charge in [0.1, 0.15) is 6.61 Å². The van der Waals surface area contributed by atoms with E-state index in [2.05, 4.69) is 24.1 Å². The average Bonchev–Trinajstić information content (AvgIpc) is 2.77. The van der Waals surface area contributed by atoms with Crippen molar-refractivity contribution in [1.82, 2.24) is 10.2 Å². The number of nitrogens with zero attached hydrogens (tertiary/aromatic N) is 1. The SMILES string of the molecule is COc1cc(C(=O)NCC(C)(C)N2CCOCC2)ccc1OCc1ccccc1. The first-order valence-electron chi connectivity index (χ1n) is 9.95. The number of morpholine rings is 1. The van der Waals surface area contributed by atoms with E-state index in [1.165, 1.54) is 0 Å². The molecule has 0 aliphatic carbocycles. The normalized spacial score (nSPS) is 15.0. The van der Waals surface area contributed by atoms with Crippen LogP contribution in [0.1, 0.15) is 29.8 Å². The number of methoxy groups -OCH3 is 1. The zero-order chi connectivity index (χ0) is 20.7. The highest BCUT2D eigenvalue weighted by Gasteiger charge is 2.28. The molecule has 1 amide bonds. The minimum atomic E-state index is -0.137. The largest absolute Gasteiger partial charge is 0.493 e. The number of hydrogen-bond donors (Lipinski definition) is 1. The van der Waals surface area contributed by atoms with Gasteiger partial charge in [0.05, 0.1) is 20.3 Å². The van der Waals surface area contributed by atoms with Crippen LogP contribution in [0.4, 0.5) is 0 Å². The third-order valence-corrected chi connectivity index (χ3v) is 5.21. The second-order valence-corrected chi connectivity index (χ2v) is 7.73. The van der Waals surface area contributed by atoms with Crippen molar-refractivity contribution in [2.75, 3.05) is 40.0 Å². The zero-order valence-corrected chi connectivity index (χ0v) is 17.4. The number of carbonyl (C=O) groups excluding carboxylic acids is 1. The summed E-state index contributed by atoms with van der Waals surface area (Å²) in [5.74, 6) is 1.03. The Labute approximate surface area is 172 Å². The van der Waals surface area contributed by atoms with E-state index in [1.54, 1.807) is 25.3 Å². The molecule has 0 bridgehead atoms. The lowest BCUT2D eigenvalue weighted by molar-refractivity contribution is -0.00923. The van der Waals surface area contributed by atoms with Crippen LogP contribution in [0.15, 0.2) is 48.5 Å². The van der Waals surface area contributed by atoms with E-state index >= 15 is 0 Å². The summed E-state index contributed by atoms with van der Waals surface area (Å²) in [4.78, 5) is 15.0. The topological polar surface area (TPSA) is 60.0 Å². The van der Waals surface area contributed by atoms with Crippen LogP contribution in [-0.2, 0) is 11.3 Å². The van der Waals surface area contributed by atoms with Crippen LogP contribution >= 0.6 is 0 Å². The van der Waals surface area contributed by atoms with Gasteiger partial charge in [-0.15, -0.1) is 0 Å². The maximum Gasteiger partial charge on any atom is 0.251 e. The van der Waals surface area contributed by atoms with Crippen LogP contribution < -0.4 is 14.8 Å². The molecule has 0 unspecified atom stereocenters. The molecule has 156 valence electrons. The highest BCUT2D eigenvalue weighted by Crippen LogP contribution is 2.29. The zero-order valence-electron chi connectivity index (χ0n) is 17.4. The van der Waals surface area contributed by atoms with Crippen LogP contribution in [0.2, 0.25) is 0 Å². The summed E-state index contributed by atoms with van der Waals surface area (Å²) in [6.45, 7) is 8.50. The van der Waals surface area contributed by atoms with Gasteiger partial charge < -0.3 is 19.5 Å². The first-order valence-corrected chi connectivity index (χ1v) is 9.95. The van der Waals surface area contributed by atoms with E-state index in [-0.39, 0.29) is 11.4 Å². The smallest absolute Gasteiger partial charge is 0.251 e. The first kappa shape index (κ1) is 21.1. The van der Waals surface area contributed by atoms with E-state index in [9.17, 15) is 4.79 Å². The molecule has 6 nitrogen and oxygen atoms in total. The van der Waals surface area contributed by atoms with Gasteiger partial charge in [0.2, 0.25) is 0 Å². The molecule has 1 saturated heterocycles. The molecule has 3 rings (SSSR count). The van der Waals surface area contributed by atoms with Crippen LogP contribution in [0, 0.1) is 0 Å². The van der Waals surface area contributed by atoms with Crippen LogP contribution in [0.5, 0.6) is 11.5 Å². The molecule has 0 radical (unpaired) electrons. The number of ether oxygens (including phenoxy) is 3. The Balaban J connectivity index is 1.60. The predicted octanol–water partition coefficient (Wildman–Crippen LogP) is 3.11. The lowest BCUT2D eigenvalue weighted by Crippen LogP contribution is -2.55. The molecule has 0 spiro atoms. The van der Waals surface area contributed by atoms with E-state index in [1.807, 2.05) is 30.3 Å². The standard InChI is InChI=1S/C23H30N2O4/c1-23(2,25-11-13-28-14-12-25)17-24-22(26)19-9-10-20(21(15-19)27-3)29-16-18-7-5-4-6-8-18/h4-10,15H,11-14,16-17H2,1-3H3,(H,24,26). The summed E-state index contributed by atoms with van der Waals surface area (Å²) < 4.78 is 16.7. The highest BCUT2D eigenvalue weighted by atomic mass is 16.5. The number of carbonyl (C=O) groups is 1. The Hall–Kier alpha value is -2.57. The first-order chi connectivity index (χ1) is 14.0. The quantitative estimate of drug-likeness (QED) is 0.740. The van der Waals surface area contributed by atoms with E-state index in [0.717, 1.165) is 31.9 Å². The van der Waals surface area contributed by atoms with Crippen LogP contribution in [0.3, 0.4) is 0 Å². The Morgan fingerprint density at radius 2 is 1.83 bits per heavy atom. The van der Waals surface area contributed by atoms with Crippen LogP contribution in [-0.4, -0.2) is 56.3 Å². The van der Waals surface area contributed by atoms with Gasteiger partial charge in [-0.05, 0) is 37.6 Å². The number of hydrogen-bond acceptors (Lipinski definition) is 5. The third kappa shape index (κ3) is 5.71. The molecule has 0 atom stereocenters. The second-order valence-electron chi connectivity index (χ2n) is 7.73. The lowest BCUT2D eigenvalue weighted by Gasteiger charge is -2.40. The molecule has 1 heterocycles. The third-order valence-electron chi connectivity index (χ3n) is 5.21. The Morgan fingerprint density at radius 3 is 2.52 bits per heavy atom. The van der Waals surface area contributed by atoms with Gasteiger partial charge in [0.15, 0.2) is 11.5 Å². The molecule has 1 aliphatic rings. The number of rotatable bonds is 8. The van der Waals surface area contributed by atoms with Crippen molar-refractivity contribution >= 4 is 5.91 Å². The van der Waals surface area contributed by atoms with Crippen molar-refractivity contribution in [3.63, 3.8) is 0 Å². The molecule has 2 aromatic rings. The van der Waals surface area contributed by atoms with Crippen molar-refractivity contribution in [3.05, 3.63) is 59.7 Å². The van der Waals surface area contributed by atoms with Gasteiger partial charge in [-0.25, -0.2) is 0 Å². The van der Waals surface area contributed by atoms with Gasteiger partial charge in [-0.1, -0.05) is 30.3 Å². The summed E-state index contributed by atoms with van der Waals surface area (Å²) in [7, 11) is 1.58. The molecule has 2 aromatic carbocycles. The predicted molar refractivity (Wildman–Crippen MR) is 113 cm³/mol. The van der Waals surface area contributed by atoms with Gasteiger partial charge in [-0.3, -0.25) is 9.69 Å². The Morgan fingerprint density at radius 1 is 1.10 bits per heavy atom. The van der Waals surface area contributed by atoms with Crippen molar-refractivity contribution in [3.8, 4) is 11.5 Å². The number of nitrogens with one attached hydrogen (secondary N) is 1. The fourth-order valence-electron chi connectivity index (χ4n) is 3.34. The molecule has 1 N–H and O–H groups in total. The molecule has 29 heavy (non-hydrogen) atoms. The maximum atomic E-state index is 12.7. The number of benzene rings is 2. The number of amides is 1. The molecule has 0 saturated carbocycles. The average molecular weight is 399 g/mol. The maximum absolute atomic E-state index is 12.7. The van der Waals surface area contributed by atoms with Crippen LogP contribution in [0.25, 0.3) is 0 Å². The Bertz CT molecular complexity index is 802. The minimum absolute atomic E-state index is 0.126. The molecule has 6 heteroatoms. The fourth-order valence-corrected chi connectivity index (χ4v) is 3.34. The second kappa shape index (κ2) is 9.76. The van der Waals surface area contributed by atoms with E-state index < -0.39 is 0 Å². The minimum Gasteiger partial charge on any atom is -0.493 e. The van der Waals surface area contributed by atoms with Gasteiger partial charge >= 0.3 is 0 Å². The summed E-state index contributed by atoms with van der Waals surface area (Å²) in [5.41, 5.74) is 1.48. The molecule has 0 aromatic heterocycles. The summed E-state index contributed by atoms with van der Waals surface area (Å²) in [6.07, 6.45) is 0. The van der Waals surface area contributed by atoms with Gasteiger partial charge in [-0.2, -0.15) is 0 Å². The monoisotopic (exact) mass is 398 g/mol. The summed E-state index contributed by atoms with van der Waals surface area (Å²) in [6, 6.07) is 15.2. The van der Waals surface area contributed by atoms with Crippen molar-refractivity contribution in [2.24, 2.45) is 0 Å². The summed E-state index contributed by atoms with van der Waals surface area (Å²) in [5, 5.41) is 3.05. The highest BCUT2D eigenvalue weighted by molar-refractivity contribution is 5.94. The summed E-state index contributed by atoms with van der Waals surface area (Å²) >= 11 is 0. The fraction of sp³-hybridized carbons (Fsp3) is 0.435. The van der Waals surface area contributed by atoms with Crippen molar-refractivity contribution in [2.45, 2.75) is 26.0 Å². The molecular formula is C23H30N2O4. The van der Waals surface area contributed by atoms with Gasteiger partial charge in [0, 0.05) is 30.7 Å². The lowest BCUT2D eigenvalue weighted by atomic mass is 10.0. The van der Waals surface area contributed by atoms with E-state index in [0.29, 0.717) is 30.2 Å². The van der Waals surface area contributed by atoms with Gasteiger partial charge in [0.25, 0.3) is 5.91 Å². The van der Waals surface area contributed by atoms with E-state index in [4.69, 9.17) is 14.2 Å². The molecule has 1 fully saturated rings. The van der Waals surface area contributed by atoms with Crippen molar-refractivity contribution < 1.29 is 19.0 Å². The molecular weight excluding hydrogens is 368 g/mol. The molecule has 1 aliphatic heterocycles. The van der Waals surface area contributed by atoms with Crippen molar-refractivity contribution in [1.29, 1.82) is 0 Å². The Kier molecular flexibility index (Phi) is 7.12.